The van der Waals surface area contributed by atoms with Crippen LogP contribution in [0.15, 0.2) is 0 Å². The smallest absolute Gasteiger partial charge is 0.00772 e. The predicted molar refractivity (Wildman–Crippen MR) is 26.7 cm³/mol. The number of hydrogen-bond acceptors (Lipinski definition) is 2. The Morgan fingerprint density at radius 3 is 1.50 bits per heavy atom. The van der Waals surface area contributed by atoms with Crippen LogP contribution in [-0.2, 0) is 0 Å². The topological polar surface area (TPSA) is 24.1 Å². The van der Waals surface area contributed by atoms with Crippen LogP contribution in [0.5, 0.6) is 0 Å². The summed E-state index contributed by atoms with van der Waals surface area (Å²) in [5.41, 5.74) is 0. The summed E-state index contributed by atoms with van der Waals surface area (Å²) in [4.78, 5) is 0. The lowest BCUT2D eigenvalue weighted by molar-refractivity contribution is 0.762. The Labute approximate surface area is 38.9 Å². The van der Waals surface area contributed by atoms with Crippen LogP contribution in [-0.4, -0.2) is 13.1 Å². The van der Waals surface area contributed by atoms with E-state index in [1.165, 1.54) is 0 Å². The third-order valence-electron chi connectivity index (χ3n) is 0.479. The van der Waals surface area contributed by atoms with Gasteiger partial charge in [-0.25, -0.2) is 0 Å². The van der Waals surface area contributed by atoms with Crippen LogP contribution in [0.2, 0.25) is 0 Å². The van der Waals surface area contributed by atoms with Crippen LogP contribution in [0.1, 0.15) is 0 Å². The molecule has 0 aromatic carbocycles. The van der Waals surface area contributed by atoms with Gasteiger partial charge in [0.1, 0.15) is 0 Å². The molecule has 0 heterocycles. The lowest BCUT2D eigenvalue weighted by Crippen LogP contribution is -2.18. The SMILES string of the molecule is [CH2]NCCN[CH2]. The van der Waals surface area contributed by atoms with Crippen molar-refractivity contribution >= 4 is 0 Å². The molecular weight excluding hydrogens is 76.1 g/mol. The first-order chi connectivity index (χ1) is 2.91. The molecule has 2 heteroatoms. The maximum Gasteiger partial charge on any atom is 0.00772 e. The molecule has 2 N–H and O–H groups in total. The minimum Gasteiger partial charge on any atom is -0.314 e. The molecule has 36 valence electrons. The lowest BCUT2D eigenvalue weighted by Gasteiger charge is -1.92. The average molecular weight is 86.1 g/mol. The molecule has 2 nitrogen and oxygen atoms in total. The van der Waals surface area contributed by atoms with Gasteiger partial charge in [-0.1, -0.05) is 0 Å². The minimum atomic E-state index is 0.878. The first kappa shape index (κ1) is 5.92. The zero-order valence-corrected chi connectivity index (χ0v) is 3.83. The highest BCUT2D eigenvalue weighted by molar-refractivity contribution is 4.45. The molecule has 6 heavy (non-hydrogen) atoms. The number of nitrogens with one attached hydrogen (secondary N) is 2. The quantitative estimate of drug-likeness (QED) is 0.463. The van der Waals surface area contributed by atoms with E-state index in [2.05, 4.69) is 24.7 Å². The number of rotatable bonds is 3. The second kappa shape index (κ2) is 4.92. The molecule has 0 bridgehead atoms. The Morgan fingerprint density at radius 2 is 1.33 bits per heavy atom. The standard InChI is InChI=1S/C4H10N2/c1-5-3-4-6-2/h5-6H,1-4H2. The van der Waals surface area contributed by atoms with Crippen molar-refractivity contribution in [2.24, 2.45) is 0 Å². The Kier molecular flexibility index (Phi) is 4.85. The van der Waals surface area contributed by atoms with Gasteiger partial charge >= 0.3 is 0 Å². The second-order valence-corrected chi connectivity index (χ2v) is 1.000. The molecular formula is C4H10N2. The first-order valence-corrected chi connectivity index (χ1v) is 1.91. The molecule has 2 radical (unpaired) electrons. The molecule has 0 aromatic heterocycles. The third kappa shape index (κ3) is 3.92. The highest BCUT2D eigenvalue weighted by Crippen LogP contribution is 1.48. The minimum absolute atomic E-state index is 0.878. The maximum absolute atomic E-state index is 3.41. The van der Waals surface area contributed by atoms with Crippen molar-refractivity contribution in [1.29, 1.82) is 0 Å². The van der Waals surface area contributed by atoms with E-state index in [1.54, 1.807) is 0 Å². The molecule has 0 atom stereocenters. The van der Waals surface area contributed by atoms with E-state index in [9.17, 15) is 0 Å². The predicted octanol–water partition coefficient (Wildman–Crippen LogP) is -0.251. The largest absolute Gasteiger partial charge is 0.314 e. The monoisotopic (exact) mass is 86.1 g/mol. The zero-order valence-electron chi connectivity index (χ0n) is 3.83. The molecule has 0 saturated carbocycles. The van der Waals surface area contributed by atoms with Gasteiger partial charge in [0.2, 0.25) is 0 Å². The van der Waals surface area contributed by atoms with Crippen LogP contribution in [0.3, 0.4) is 0 Å². The summed E-state index contributed by atoms with van der Waals surface area (Å²) < 4.78 is 0. The summed E-state index contributed by atoms with van der Waals surface area (Å²) in [5.74, 6) is 0. The van der Waals surface area contributed by atoms with Crippen molar-refractivity contribution in [3.8, 4) is 0 Å². The van der Waals surface area contributed by atoms with E-state index in [1.807, 2.05) is 0 Å². The van der Waals surface area contributed by atoms with Crippen molar-refractivity contribution in [1.82, 2.24) is 10.6 Å². The molecule has 0 aromatic rings. The number of hydrogen-bond donors (Lipinski definition) is 2. The summed E-state index contributed by atoms with van der Waals surface area (Å²) in [7, 11) is 6.81. The van der Waals surface area contributed by atoms with E-state index in [0.29, 0.717) is 0 Å². The molecule has 0 fully saturated rings. The van der Waals surface area contributed by atoms with E-state index in [0.717, 1.165) is 13.1 Å². The van der Waals surface area contributed by atoms with Gasteiger partial charge in [-0.3, -0.25) is 0 Å². The fraction of sp³-hybridized carbons (Fsp3) is 0.500. The van der Waals surface area contributed by atoms with E-state index >= 15 is 0 Å². The fourth-order valence-electron chi connectivity index (χ4n) is 0.177. The highest BCUT2D eigenvalue weighted by atomic mass is 14.9. The van der Waals surface area contributed by atoms with Crippen molar-refractivity contribution in [3.63, 3.8) is 0 Å². The molecule has 0 aliphatic heterocycles. The third-order valence-corrected chi connectivity index (χ3v) is 0.479. The summed E-state index contributed by atoms with van der Waals surface area (Å²) >= 11 is 0. The van der Waals surface area contributed by atoms with Crippen LogP contribution >= 0.6 is 0 Å². The van der Waals surface area contributed by atoms with Gasteiger partial charge in [0, 0.05) is 27.2 Å². The molecule has 0 saturated heterocycles. The van der Waals surface area contributed by atoms with E-state index in [-0.39, 0.29) is 0 Å². The van der Waals surface area contributed by atoms with Gasteiger partial charge in [0.25, 0.3) is 0 Å². The molecule has 0 unspecified atom stereocenters. The molecule has 0 rings (SSSR count). The summed E-state index contributed by atoms with van der Waals surface area (Å²) in [6, 6.07) is 0. The molecule has 0 spiro atoms. The Bertz CT molecular complexity index is 17.5. The van der Waals surface area contributed by atoms with Crippen molar-refractivity contribution in [3.05, 3.63) is 14.1 Å². The van der Waals surface area contributed by atoms with E-state index in [4.69, 9.17) is 0 Å². The van der Waals surface area contributed by atoms with Crippen LogP contribution in [0.25, 0.3) is 0 Å². The molecule has 0 amide bonds. The normalized spacial score (nSPS) is 9.00. The van der Waals surface area contributed by atoms with Crippen molar-refractivity contribution < 1.29 is 0 Å². The highest BCUT2D eigenvalue weighted by Gasteiger charge is 1.71. The molecule has 0 aliphatic rings. The summed E-state index contributed by atoms with van der Waals surface area (Å²) in [6.45, 7) is 1.76. The van der Waals surface area contributed by atoms with Gasteiger partial charge in [-0.2, -0.15) is 0 Å². The van der Waals surface area contributed by atoms with Crippen molar-refractivity contribution in [2.75, 3.05) is 13.1 Å². The van der Waals surface area contributed by atoms with Gasteiger partial charge in [0.15, 0.2) is 0 Å². The van der Waals surface area contributed by atoms with Gasteiger partial charge < -0.3 is 10.6 Å². The van der Waals surface area contributed by atoms with Crippen LogP contribution < -0.4 is 10.6 Å². The van der Waals surface area contributed by atoms with Gasteiger partial charge in [-0.05, 0) is 0 Å². The maximum atomic E-state index is 3.41. The van der Waals surface area contributed by atoms with Gasteiger partial charge in [0.05, 0.1) is 0 Å². The summed E-state index contributed by atoms with van der Waals surface area (Å²) in [6.07, 6.45) is 0. The second-order valence-electron chi connectivity index (χ2n) is 1.000. The Balaban J connectivity index is 2.34. The fourth-order valence-corrected chi connectivity index (χ4v) is 0.177. The van der Waals surface area contributed by atoms with Crippen LogP contribution in [0.4, 0.5) is 0 Å². The first-order valence-electron chi connectivity index (χ1n) is 1.91. The summed E-state index contributed by atoms with van der Waals surface area (Å²) in [5, 5.41) is 5.43. The Hall–Kier alpha value is -0.0800. The lowest BCUT2D eigenvalue weighted by atomic mass is 10.6. The molecule has 0 aliphatic carbocycles. The van der Waals surface area contributed by atoms with Gasteiger partial charge in [-0.15, -0.1) is 0 Å². The average Bonchev–Trinajstić information content (AvgIpc) is 1.61. The van der Waals surface area contributed by atoms with Crippen molar-refractivity contribution in [2.45, 2.75) is 0 Å². The van der Waals surface area contributed by atoms with E-state index < -0.39 is 0 Å². The Morgan fingerprint density at radius 1 is 1.00 bits per heavy atom. The zero-order chi connectivity index (χ0) is 4.83. The van der Waals surface area contributed by atoms with Crippen LogP contribution in [0, 0.1) is 14.1 Å².